The molecule has 0 bridgehead atoms. The van der Waals surface area contributed by atoms with Crippen LogP contribution >= 0.6 is 39.3 Å². The number of amides is 3. The SMILES string of the molecule is COc1cc(/C=C2/SC(=O)N(CC(=O)Nc3ccccc3Cl)C2=O)cc(Br)c1OCc1ccc(C(=O)O)cc1. The van der Waals surface area contributed by atoms with Gasteiger partial charge in [0.1, 0.15) is 13.2 Å². The van der Waals surface area contributed by atoms with E-state index in [0.717, 1.165) is 22.2 Å². The van der Waals surface area contributed by atoms with Crippen LogP contribution in [0.5, 0.6) is 11.5 Å². The molecule has 3 aromatic carbocycles. The molecule has 39 heavy (non-hydrogen) atoms. The molecule has 12 heteroatoms. The van der Waals surface area contributed by atoms with Gasteiger partial charge in [-0.25, -0.2) is 4.79 Å². The van der Waals surface area contributed by atoms with E-state index < -0.39 is 29.6 Å². The number of imide groups is 1. The lowest BCUT2D eigenvalue weighted by Gasteiger charge is -2.14. The monoisotopic (exact) mass is 630 g/mol. The summed E-state index contributed by atoms with van der Waals surface area (Å²) in [5, 5.41) is 11.4. The zero-order valence-electron chi connectivity index (χ0n) is 20.3. The molecule has 0 aliphatic carbocycles. The summed E-state index contributed by atoms with van der Waals surface area (Å²) in [5.74, 6) is -1.40. The van der Waals surface area contributed by atoms with Crippen molar-refractivity contribution in [2.75, 3.05) is 19.0 Å². The Morgan fingerprint density at radius 2 is 1.85 bits per heavy atom. The number of rotatable bonds is 9. The first-order valence-electron chi connectivity index (χ1n) is 11.3. The fraction of sp³-hybridized carbons (Fsp3) is 0.111. The number of nitrogens with one attached hydrogen (secondary N) is 1. The number of carbonyl (C=O) groups excluding carboxylic acids is 3. The third-order valence-electron chi connectivity index (χ3n) is 5.46. The van der Waals surface area contributed by atoms with E-state index in [1.165, 1.54) is 25.3 Å². The number of hydrogen-bond acceptors (Lipinski definition) is 7. The molecule has 1 fully saturated rings. The van der Waals surface area contributed by atoms with Crippen LogP contribution in [0.2, 0.25) is 5.02 Å². The Morgan fingerprint density at radius 3 is 2.51 bits per heavy atom. The average molecular weight is 632 g/mol. The van der Waals surface area contributed by atoms with Crippen molar-refractivity contribution in [2.24, 2.45) is 0 Å². The van der Waals surface area contributed by atoms with Gasteiger partial charge in [0, 0.05) is 0 Å². The normalized spacial score (nSPS) is 14.0. The number of carboxylic acids is 1. The highest BCUT2D eigenvalue weighted by Gasteiger charge is 2.36. The van der Waals surface area contributed by atoms with Crippen LogP contribution < -0.4 is 14.8 Å². The minimum atomic E-state index is -1.01. The highest BCUT2D eigenvalue weighted by molar-refractivity contribution is 9.10. The van der Waals surface area contributed by atoms with Crippen LogP contribution in [-0.4, -0.2) is 46.7 Å². The fourth-order valence-electron chi connectivity index (χ4n) is 3.55. The van der Waals surface area contributed by atoms with E-state index in [1.807, 2.05) is 0 Å². The smallest absolute Gasteiger partial charge is 0.335 e. The second-order valence-corrected chi connectivity index (χ2v) is 10.4. The molecule has 0 atom stereocenters. The number of anilines is 1. The van der Waals surface area contributed by atoms with Crippen molar-refractivity contribution in [3.05, 3.63) is 91.8 Å². The Balaban J connectivity index is 1.46. The zero-order chi connectivity index (χ0) is 28.1. The molecule has 200 valence electrons. The lowest BCUT2D eigenvalue weighted by atomic mass is 10.1. The maximum absolute atomic E-state index is 12.9. The fourth-order valence-corrected chi connectivity index (χ4v) is 5.14. The number of thioether (sulfide) groups is 1. The van der Waals surface area contributed by atoms with E-state index in [1.54, 1.807) is 48.5 Å². The van der Waals surface area contributed by atoms with Crippen molar-refractivity contribution in [1.82, 2.24) is 4.90 Å². The van der Waals surface area contributed by atoms with Gasteiger partial charge >= 0.3 is 5.97 Å². The minimum absolute atomic E-state index is 0.145. The molecule has 4 rings (SSSR count). The number of halogens is 2. The molecule has 0 saturated carbocycles. The lowest BCUT2D eigenvalue weighted by molar-refractivity contribution is -0.127. The molecule has 0 spiro atoms. The van der Waals surface area contributed by atoms with E-state index in [4.69, 9.17) is 26.2 Å². The van der Waals surface area contributed by atoms with Crippen LogP contribution in [0.4, 0.5) is 10.5 Å². The van der Waals surface area contributed by atoms with Crippen LogP contribution in [0.25, 0.3) is 6.08 Å². The van der Waals surface area contributed by atoms with Crippen molar-refractivity contribution >= 4 is 74.1 Å². The minimum Gasteiger partial charge on any atom is -0.493 e. The largest absolute Gasteiger partial charge is 0.493 e. The Labute approximate surface area is 240 Å². The Kier molecular flexibility index (Phi) is 8.95. The highest BCUT2D eigenvalue weighted by atomic mass is 79.9. The number of methoxy groups -OCH3 is 1. The summed E-state index contributed by atoms with van der Waals surface area (Å²) in [6.45, 7) is -0.302. The average Bonchev–Trinajstić information content (AvgIpc) is 3.16. The summed E-state index contributed by atoms with van der Waals surface area (Å²) in [4.78, 5) is 49.9. The number of hydrogen-bond donors (Lipinski definition) is 2. The topological polar surface area (TPSA) is 122 Å². The molecule has 1 saturated heterocycles. The number of nitrogens with zero attached hydrogens (tertiary/aromatic N) is 1. The molecule has 0 unspecified atom stereocenters. The van der Waals surface area contributed by atoms with Crippen molar-refractivity contribution in [2.45, 2.75) is 6.61 Å². The van der Waals surface area contributed by atoms with Gasteiger partial charge in [0.2, 0.25) is 5.91 Å². The van der Waals surface area contributed by atoms with E-state index in [-0.39, 0.29) is 17.1 Å². The molecule has 3 amide bonds. The van der Waals surface area contributed by atoms with Gasteiger partial charge in [0.15, 0.2) is 11.5 Å². The summed E-state index contributed by atoms with van der Waals surface area (Å²) in [6.07, 6.45) is 1.53. The molecule has 3 aromatic rings. The van der Waals surface area contributed by atoms with Crippen LogP contribution in [0.15, 0.2) is 70.0 Å². The van der Waals surface area contributed by atoms with Crippen molar-refractivity contribution in [3.8, 4) is 11.5 Å². The number of aromatic carboxylic acids is 1. The lowest BCUT2D eigenvalue weighted by Crippen LogP contribution is -2.36. The van der Waals surface area contributed by atoms with Gasteiger partial charge in [-0.3, -0.25) is 19.3 Å². The van der Waals surface area contributed by atoms with Crippen LogP contribution in [0.1, 0.15) is 21.5 Å². The van der Waals surface area contributed by atoms with E-state index in [2.05, 4.69) is 21.2 Å². The zero-order valence-corrected chi connectivity index (χ0v) is 23.4. The first-order chi connectivity index (χ1) is 18.7. The van der Waals surface area contributed by atoms with Crippen molar-refractivity contribution in [1.29, 1.82) is 0 Å². The molecule has 9 nitrogen and oxygen atoms in total. The molecular formula is C27H20BrClN2O7S. The van der Waals surface area contributed by atoms with E-state index in [9.17, 15) is 19.2 Å². The molecule has 0 radical (unpaired) electrons. The van der Waals surface area contributed by atoms with Crippen LogP contribution in [0.3, 0.4) is 0 Å². The van der Waals surface area contributed by atoms with Crippen molar-refractivity contribution in [3.63, 3.8) is 0 Å². The summed E-state index contributed by atoms with van der Waals surface area (Å²) in [5.41, 5.74) is 1.86. The predicted octanol–water partition coefficient (Wildman–Crippen LogP) is 6.06. The van der Waals surface area contributed by atoms with Gasteiger partial charge < -0.3 is 19.9 Å². The Hall–Kier alpha value is -3.80. The second kappa shape index (κ2) is 12.4. The third-order valence-corrected chi connectivity index (χ3v) is 7.28. The Bertz CT molecular complexity index is 1490. The molecule has 1 aliphatic heterocycles. The summed E-state index contributed by atoms with van der Waals surface area (Å²) in [7, 11) is 1.46. The quantitative estimate of drug-likeness (QED) is 0.273. The highest BCUT2D eigenvalue weighted by Crippen LogP contribution is 2.39. The summed E-state index contributed by atoms with van der Waals surface area (Å²) >= 11 is 10.2. The Morgan fingerprint density at radius 1 is 1.13 bits per heavy atom. The molecule has 0 aromatic heterocycles. The number of benzene rings is 3. The van der Waals surface area contributed by atoms with Gasteiger partial charge in [-0.05, 0) is 81.3 Å². The number of carbonyl (C=O) groups is 4. The second-order valence-electron chi connectivity index (χ2n) is 8.12. The first kappa shape index (κ1) is 28.2. The summed E-state index contributed by atoms with van der Waals surface area (Å²) in [6, 6.07) is 16.3. The first-order valence-corrected chi connectivity index (χ1v) is 13.3. The maximum atomic E-state index is 12.9. The number of para-hydroxylation sites is 1. The van der Waals surface area contributed by atoms with E-state index in [0.29, 0.717) is 32.2 Å². The van der Waals surface area contributed by atoms with Gasteiger partial charge in [-0.15, -0.1) is 0 Å². The molecule has 1 aliphatic rings. The van der Waals surface area contributed by atoms with Crippen molar-refractivity contribution < 1.29 is 33.8 Å². The molecule has 1 heterocycles. The third kappa shape index (κ3) is 6.80. The number of ether oxygens (including phenoxy) is 2. The molecular weight excluding hydrogens is 612 g/mol. The summed E-state index contributed by atoms with van der Waals surface area (Å²) < 4.78 is 11.9. The van der Waals surface area contributed by atoms with Gasteiger partial charge in [0.05, 0.1) is 32.8 Å². The van der Waals surface area contributed by atoms with E-state index >= 15 is 0 Å². The van der Waals surface area contributed by atoms with Crippen LogP contribution in [0, 0.1) is 0 Å². The number of carboxylic acid groups (broad SMARTS) is 1. The van der Waals surface area contributed by atoms with Gasteiger partial charge in [-0.2, -0.15) is 0 Å². The van der Waals surface area contributed by atoms with Gasteiger partial charge in [0.25, 0.3) is 11.1 Å². The standard InChI is InChI=1S/C27H20BrClN2O7S/c1-37-21-11-16(10-18(28)24(21)38-14-15-6-8-17(9-7-15)26(34)35)12-22-25(33)31(27(36)39-22)13-23(32)30-20-5-3-2-4-19(20)29/h2-12H,13-14H2,1H3,(H,30,32)(H,34,35)/b22-12+. The maximum Gasteiger partial charge on any atom is 0.335 e. The van der Waals surface area contributed by atoms with Crippen LogP contribution in [-0.2, 0) is 16.2 Å². The van der Waals surface area contributed by atoms with Gasteiger partial charge in [-0.1, -0.05) is 35.9 Å². The molecule has 2 N–H and O–H groups in total. The predicted molar refractivity (Wildman–Crippen MR) is 151 cm³/mol.